The summed E-state index contributed by atoms with van der Waals surface area (Å²) >= 11 is 0. The van der Waals surface area contributed by atoms with Crippen LogP contribution in [0.25, 0.3) is 0 Å². The van der Waals surface area contributed by atoms with Crippen LogP contribution in [0.1, 0.15) is 55.4 Å². The normalized spacial score (nSPS) is 12.1. The highest BCUT2D eigenvalue weighted by Crippen LogP contribution is 2.24. The van der Waals surface area contributed by atoms with Gasteiger partial charge in [0.15, 0.2) is 0 Å². The average molecular weight is 404 g/mol. The minimum Gasteiger partial charge on any atom is -0.207 e. The van der Waals surface area contributed by atoms with E-state index in [-0.39, 0.29) is 17.5 Å². The van der Waals surface area contributed by atoms with E-state index in [0.29, 0.717) is 30.4 Å². The van der Waals surface area contributed by atoms with Gasteiger partial charge in [-0.25, -0.2) is 17.6 Å². The van der Waals surface area contributed by atoms with Crippen LogP contribution in [0.3, 0.4) is 0 Å². The van der Waals surface area contributed by atoms with Gasteiger partial charge in [0, 0.05) is 11.1 Å². The predicted molar refractivity (Wildman–Crippen MR) is 111 cm³/mol. The summed E-state index contributed by atoms with van der Waals surface area (Å²) < 4.78 is 56.4. The maximum Gasteiger partial charge on any atom is 0.129 e. The molecule has 0 aromatic heterocycles. The molecule has 0 fully saturated rings. The summed E-state index contributed by atoms with van der Waals surface area (Å²) in [6.07, 6.45) is 5.08. The molecule has 2 rings (SSSR count). The summed E-state index contributed by atoms with van der Waals surface area (Å²) in [7, 11) is 0. The van der Waals surface area contributed by atoms with Crippen molar-refractivity contribution in [1.29, 1.82) is 0 Å². The van der Waals surface area contributed by atoms with Crippen molar-refractivity contribution < 1.29 is 17.6 Å². The molecule has 0 aliphatic rings. The summed E-state index contributed by atoms with van der Waals surface area (Å²) in [5.41, 5.74) is 3.20. The Balaban J connectivity index is 2.12. The molecule has 0 bridgehead atoms. The van der Waals surface area contributed by atoms with E-state index in [1.807, 2.05) is 6.92 Å². The van der Waals surface area contributed by atoms with Gasteiger partial charge in [0.2, 0.25) is 0 Å². The Morgan fingerprint density at radius 1 is 0.828 bits per heavy atom. The van der Waals surface area contributed by atoms with Crippen LogP contribution >= 0.6 is 0 Å². The van der Waals surface area contributed by atoms with Crippen molar-refractivity contribution in [3.63, 3.8) is 0 Å². The monoisotopic (exact) mass is 404 g/mol. The Morgan fingerprint density at radius 2 is 1.31 bits per heavy atom. The molecule has 0 aliphatic heterocycles. The minimum atomic E-state index is -0.613. The molecule has 0 saturated heterocycles. The molecule has 0 atom stereocenters. The molecule has 0 spiro atoms. The number of benzene rings is 2. The van der Waals surface area contributed by atoms with Crippen LogP contribution in [0.4, 0.5) is 17.6 Å². The van der Waals surface area contributed by atoms with Crippen molar-refractivity contribution in [3.8, 4) is 0 Å². The van der Waals surface area contributed by atoms with Gasteiger partial charge in [-0.1, -0.05) is 37.1 Å². The lowest BCUT2D eigenvalue weighted by molar-refractivity contribution is 0.549. The van der Waals surface area contributed by atoms with E-state index in [1.54, 1.807) is 6.08 Å². The summed E-state index contributed by atoms with van der Waals surface area (Å²) in [6.45, 7) is 9.17. The van der Waals surface area contributed by atoms with Crippen LogP contribution < -0.4 is 0 Å². The molecular formula is C25H28F4. The highest BCUT2D eigenvalue weighted by Gasteiger charge is 2.13. The average Bonchev–Trinajstić information content (AvgIpc) is 2.68. The Bertz CT molecular complexity index is 863. The fourth-order valence-electron chi connectivity index (χ4n) is 3.41. The van der Waals surface area contributed by atoms with Gasteiger partial charge in [-0.3, -0.25) is 0 Å². The second-order valence-electron chi connectivity index (χ2n) is 7.46. The number of halogens is 4. The first kappa shape index (κ1) is 22.9. The van der Waals surface area contributed by atoms with E-state index in [4.69, 9.17) is 0 Å². The summed E-state index contributed by atoms with van der Waals surface area (Å²) in [5, 5.41) is 0. The van der Waals surface area contributed by atoms with Crippen molar-refractivity contribution >= 4 is 0 Å². The van der Waals surface area contributed by atoms with Crippen molar-refractivity contribution in [3.05, 3.63) is 93.6 Å². The van der Waals surface area contributed by atoms with E-state index in [1.165, 1.54) is 31.2 Å². The SMILES string of the molecule is C=CC(C)=C(CCC)CCc1c(F)cc(CCc2cc(F)c(C)c(F)c2)cc1F. The smallest absolute Gasteiger partial charge is 0.129 e. The fourth-order valence-corrected chi connectivity index (χ4v) is 3.41. The molecule has 2 aromatic rings. The molecule has 0 amide bonds. The van der Waals surface area contributed by atoms with Crippen LogP contribution in [-0.2, 0) is 19.3 Å². The minimum absolute atomic E-state index is 0.0293. The Morgan fingerprint density at radius 3 is 1.76 bits per heavy atom. The van der Waals surface area contributed by atoms with E-state index in [0.717, 1.165) is 24.0 Å². The lowest BCUT2D eigenvalue weighted by atomic mass is 9.95. The van der Waals surface area contributed by atoms with Gasteiger partial charge in [-0.2, -0.15) is 0 Å². The van der Waals surface area contributed by atoms with Gasteiger partial charge < -0.3 is 0 Å². The molecule has 0 saturated carbocycles. The van der Waals surface area contributed by atoms with Gasteiger partial charge in [0.25, 0.3) is 0 Å². The van der Waals surface area contributed by atoms with Crippen molar-refractivity contribution in [2.24, 2.45) is 0 Å². The highest BCUT2D eigenvalue weighted by atomic mass is 19.1. The number of allylic oxidation sites excluding steroid dienone is 3. The van der Waals surface area contributed by atoms with Crippen molar-refractivity contribution in [2.45, 2.75) is 59.3 Å². The van der Waals surface area contributed by atoms with E-state index < -0.39 is 23.3 Å². The van der Waals surface area contributed by atoms with Crippen LogP contribution in [0.2, 0.25) is 0 Å². The zero-order chi connectivity index (χ0) is 21.6. The van der Waals surface area contributed by atoms with Gasteiger partial charge in [0.1, 0.15) is 23.3 Å². The molecule has 0 heterocycles. The first-order valence-corrected chi connectivity index (χ1v) is 9.99. The molecule has 0 nitrogen and oxygen atoms in total. The van der Waals surface area contributed by atoms with Crippen LogP contribution in [0.5, 0.6) is 0 Å². The second kappa shape index (κ2) is 10.4. The van der Waals surface area contributed by atoms with Gasteiger partial charge in [0.05, 0.1) is 0 Å². The molecule has 156 valence electrons. The number of aryl methyl sites for hydroxylation is 2. The zero-order valence-corrected chi connectivity index (χ0v) is 17.3. The molecule has 0 N–H and O–H groups in total. The maximum absolute atomic E-state index is 14.5. The van der Waals surface area contributed by atoms with Crippen LogP contribution in [0, 0.1) is 30.2 Å². The number of rotatable bonds is 9. The number of hydrogen-bond acceptors (Lipinski definition) is 0. The first-order valence-electron chi connectivity index (χ1n) is 9.99. The molecule has 4 heteroatoms. The largest absolute Gasteiger partial charge is 0.207 e. The molecule has 0 radical (unpaired) electrons. The lowest BCUT2D eigenvalue weighted by Crippen LogP contribution is -2.02. The quantitative estimate of drug-likeness (QED) is 0.299. The third kappa shape index (κ3) is 6.06. The second-order valence-corrected chi connectivity index (χ2v) is 7.46. The lowest BCUT2D eigenvalue weighted by Gasteiger charge is -2.12. The van der Waals surface area contributed by atoms with Gasteiger partial charge in [-0.15, -0.1) is 0 Å². The Labute approximate surface area is 171 Å². The van der Waals surface area contributed by atoms with Gasteiger partial charge in [-0.05, 0) is 81.3 Å². The van der Waals surface area contributed by atoms with E-state index in [9.17, 15) is 17.6 Å². The summed E-state index contributed by atoms with van der Waals surface area (Å²) in [5.74, 6) is -2.38. The molecule has 0 unspecified atom stereocenters. The summed E-state index contributed by atoms with van der Waals surface area (Å²) in [4.78, 5) is 0. The maximum atomic E-state index is 14.5. The molecular weight excluding hydrogens is 376 g/mol. The molecule has 0 aliphatic carbocycles. The van der Waals surface area contributed by atoms with Gasteiger partial charge >= 0.3 is 0 Å². The van der Waals surface area contributed by atoms with Crippen molar-refractivity contribution in [1.82, 2.24) is 0 Å². The molecule has 2 aromatic carbocycles. The van der Waals surface area contributed by atoms with E-state index in [2.05, 4.69) is 13.5 Å². The van der Waals surface area contributed by atoms with Crippen LogP contribution in [-0.4, -0.2) is 0 Å². The Hall–Kier alpha value is -2.36. The molecule has 29 heavy (non-hydrogen) atoms. The van der Waals surface area contributed by atoms with E-state index >= 15 is 0 Å². The summed E-state index contributed by atoms with van der Waals surface area (Å²) in [6, 6.07) is 5.18. The third-order valence-corrected chi connectivity index (χ3v) is 5.34. The predicted octanol–water partition coefficient (Wildman–Crippen LogP) is 7.57. The zero-order valence-electron chi connectivity index (χ0n) is 17.3. The van der Waals surface area contributed by atoms with Crippen LogP contribution in [0.15, 0.2) is 48.1 Å². The highest BCUT2D eigenvalue weighted by molar-refractivity contribution is 5.30. The Kier molecular flexibility index (Phi) is 8.24. The third-order valence-electron chi connectivity index (χ3n) is 5.34. The first-order chi connectivity index (χ1) is 13.8. The van der Waals surface area contributed by atoms with Crippen molar-refractivity contribution in [2.75, 3.05) is 0 Å². The standard InChI is InChI=1S/C25H28F4/c1-5-7-20(16(3)6-2)10-11-21-24(28)14-19(15-25(21)29)9-8-18-12-22(26)17(4)23(27)13-18/h6,12-15H,2,5,7-11H2,1,3-4H3. The topological polar surface area (TPSA) is 0 Å². The number of hydrogen-bond donors (Lipinski definition) is 0. The fraction of sp³-hybridized carbons (Fsp3) is 0.360.